The van der Waals surface area contributed by atoms with Crippen LogP contribution in [0.15, 0.2) is 0 Å². The summed E-state index contributed by atoms with van der Waals surface area (Å²) in [6.45, 7) is 3.16. The number of carboxylic acid groups (broad SMARTS) is 1. The van der Waals surface area contributed by atoms with Gasteiger partial charge >= 0.3 is 5.97 Å². The molecule has 10 nitrogen and oxygen atoms in total. The van der Waals surface area contributed by atoms with E-state index in [-0.39, 0.29) is 11.9 Å². The van der Waals surface area contributed by atoms with Gasteiger partial charge in [0.05, 0.1) is 6.04 Å². The van der Waals surface area contributed by atoms with Crippen LogP contribution in [0.1, 0.15) is 51.9 Å². The number of amides is 3. The lowest BCUT2D eigenvalue weighted by Crippen LogP contribution is -2.56. The number of carbonyl (C=O) groups excluding carboxylic acids is 3. The maximum atomic E-state index is 12.8. The van der Waals surface area contributed by atoms with Crippen molar-refractivity contribution in [3.63, 3.8) is 0 Å². The van der Waals surface area contributed by atoms with Crippen molar-refractivity contribution >= 4 is 23.7 Å². The van der Waals surface area contributed by atoms with Gasteiger partial charge in [0, 0.05) is 6.54 Å². The number of nitrogens with two attached hydrogens (primary N) is 1. The fourth-order valence-corrected chi connectivity index (χ4v) is 3.85. The van der Waals surface area contributed by atoms with Crippen LogP contribution < -0.4 is 21.7 Å². The number of rotatable bonds is 10. The second-order valence-corrected chi connectivity index (χ2v) is 7.75. The third-order valence-corrected chi connectivity index (χ3v) is 5.51. The average Bonchev–Trinajstić information content (AvgIpc) is 3.38. The van der Waals surface area contributed by atoms with Gasteiger partial charge in [-0.05, 0) is 65.0 Å². The Hall–Kier alpha value is -2.20. The van der Waals surface area contributed by atoms with E-state index in [0.717, 1.165) is 25.8 Å². The number of carbonyl (C=O) groups is 4. The van der Waals surface area contributed by atoms with Gasteiger partial charge in [-0.15, -0.1) is 0 Å². The van der Waals surface area contributed by atoms with Crippen LogP contribution in [-0.4, -0.2) is 77.5 Å². The predicted octanol–water partition coefficient (Wildman–Crippen LogP) is -1.07. The molecular formula is C19H33N5O5. The molecule has 0 aromatic rings. The number of nitrogens with one attached hydrogen (secondary N) is 3. The fourth-order valence-electron chi connectivity index (χ4n) is 3.85. The number of aliphatic carboxylic acids is 1. The van der Waals surface area contributed by atoms with Crippen LogP contribution >= 0.6 is 0 Å². The summed E-state index contributed by atoms with van der Waals surface area (Å²) in [5.74, 6) is -2.13. The molecule has 0 aromatic heterocycles. The minimum atomic E-state index is -1.04. The van der Waals surface area contributed by atoms with E-state index < -0.39 is 35.9 Å². The first-order chi connectivity index (χ1) is 13.8. The Morgan fingerprint density at radius 1 is 1.17 bits per heavy atom. The van der Waals surface area contributed by atoms with Gasteiger partial charge in [0.1, 0.15) is 18.1 Å². The van der Waals surface area contributed by atoms with Crippen LogP contribution in [0.3, 0.4) is 0 Å². The molecule has 0 aromatic carbocycles. The molecule has 2 aliphatic heterocycles. The molecule has 2 rings (SSSR count). The van der Waals surface area contributed by atoms with E-state index in [4.69, 9.17) is 5.73 Å². The SMILES string of the molecule is CC(NC(=O)C(CCCCN)NC(=O)C1CCCN1)C(=O)N1CCCC1C(=O)O. The normalized spacial score (nSPS) is 23.4. The Bertz CT molecular complexity index is 608. The lowest BCUT2D eigenvalue weighted by molar-refractivity contribution is -0.149. The fraction of sp³-hybridized carbons (Fsp3) is 0.789. The maximum Gasteiger partial charge on any atom is 0.326 e. The molecule has 2 heterocycles. The highest BCUT2D eigenvalue weighted by atomic mass is 16.4. The molecule has 2 aliphatic rings. The molecular weight excluding hydrogens is 378 g/mol. The van der Waals surface area contributed by atoms with E-state index in [9.17, 15) is 24.3 Å². The summed E-state index contributed by atoms with van der Waals surface area (Å²) in [6, 6.07) is -2.79. The highest BCUT2D eigenvalue weighted by Gasteiger charge is 2.37. The van der Waals surface area contributed by atoms with Gasteiger partial charge < -0.3 is 31.7 Å². The van der Waals surface area contributed by atoms with Gasteiger partial charge in [0.15, 0.2) is 0 Å². The van der Waals surface area contributed by atoms with Crippen molar-refractivity contribution in [2.24, 2.45) is 5.73 Å². The number of likely N-dealkylation sites (tertiary alicyclic amines) is 1. The predicted molar refractivity (Wildman–Crippen MR) is 106 cm³/mol. The Labute approximate surface area is 170 Å². The molecule has 3 amide bonds. The first kappa shape index (κ1) is 23.1. The monoisotopic (exact) mass is 411 g/mol. The Balaban J connectivity index is 1.96. The molecule has 0 radical (unpaired) electrons. The topological polar surface area (TPSA) is 154 Å². The molecule has 4 unspecified atom stereocenters. The second kappa shape index (κ2) is 11.1. The van der Waals surface area contributed by atoms with E-state index >= 15 is 0 Å². The summed E-state index contributed by atoms with van der Waals surface area (Å²) in [6.07, 6.45) is 4.48. The largest absolute Gasteiger partial charge is 0.480 e. The highest BCUT2D eigenvalue weighted by molar-refractivity contribution is 5.94. The number of hydrogen-bond donors (Lipinski definition) is 5. The average molecular weight is 412 g/mol. The van der Waals surface area contributed by atoms with E-state index in [1.165, 1.54) is 11.8 Å². The van der Waals surface area contributed by atoms with Gasteiger partial charge in [-0.1, -0.05) is 0 Å². The lowest BCUT2D eigenvalue weighted by Gasteiger charge is -2.27. The minimum absolute atomic E-state index is 0.222. The molecule has 6 N–H and O–H groups in total. The highest BCUT2D eigenvalue weighted by Crippen LogP contribution is 2.18. The summed E-state index contributed by atoms with van der Waals surface area (Å²) in [4.78, 5) is 50.5. The van der Waals surface area contributed by atoms with Crippen LogP contribution in [-0.2, 0) is 19.2 Å². The van der Waals surface area contributed by atoms with Crippen molar-refractivity contribution in [3.8, 4) is 0 Å². The molecule has 0 aliphatic carbocycles. The maximum absolute atomic E-state index is 12.8. The first-order valence-corrected chi connectivity index (χ1v) is 10.4. The van der Waals surface area contributed by atoms with Gasteiger partial charge in [-0.3, -0.25) is 14.4 Å². The smallest absolute Gasteiger partial charge is 0.326 e. The van der Waals surface area contributed by atoms with Gasteiger partial charge in [0.25, 0.3) is 0 Å². The minimum Gasteiger partial charge on any atom is -0.480 e. The molecule has 0 spiro atoms. The number of unbranched alkanes of at least 4 members (excludes halogenated alkanes) is 1. The van der Waals surface area contributed by atoms with Gasteiger partial charge in [-0.25, -0.2) is 4.79 Å². The molecule has 4 atom stereocenters. The standard InChI is InChI=1S/C19H33N5O5/c1-12(18(27)24-11-5-8-15(24)19(28)29)22-17(26)14(6-2-3-9-20)23-16(25)13-7-4-10-21-13/h12-15,21H,2-11,20H2,1H3,(H,22,26)(H,23,25)(H,28,29). The van der Waals surface area contributed by atoms with Crippen LogP contribution in [0, 0.1) is 0 Å². The van der Waals surface area contributed by atoms with Crippen molar-refractivity contribution in [1.82, 2.24) is 20.9 Å². The number of hydrogen-bond acceptors (Lipinski definition) is 6. The quantitative estimate of drug-likeness (QED) is 0.287. The van der Waals surface area contributed by atoms with Crippen molar-refractivity contribution in [2.45, 2.75) is 76.0 Å². The summed E-state index contributed by atoms with van der Waals surface area (Å²) in [5.41, 5.74) is 5.52. The van der Waals surface area contributed by atoms with Gasteiger partial charge in [0.2, 0.25) is 17.7 Å². The molecule has 164 valence electrons. The summed E-state index contributed by atoms with van der Waals surface area (Å²) < 4.78 is 0. The molecule has 2 fully saturated rings. The molecule has 29 heavy (non-hydrogen) atoms. The molecule has 10 heteroatoms. The second-order valence-electron chi connectivity index (χ2n) is 7.75. The molecule has 2 saturated heterocycles. The van der Waals surface area contributed by atoms with Crippen molar-refractivity contribution in [1.29, 1.82) is 0 Å². The van der Waals surface area contributed by atoms with E-state index in [1.807, 2.05) is 0 Å². The van der Waals surface area contributed by atoms with Crippen molar-refractivity contribution in [3.05, 3.63) is 0 Å². The van der Waals surface area contributed by atoms with Crippen molar-refractivity contribution < 1.29 is 24.3 Å². The zero-order valence-electron chi connectivity index (χ0n) is 17.0. The van der Waals surface area contributed by atoms with Crippen LogP contribution in [0.4, 0.5) is 0 Å². The Morgan fingerprint density at radius 3 is 2.55 bits per heavy atom. The lowest BCUT2D eigenvalue weighted by atomic mass is 10.1. The first-order valence-electron chi connectivity index (χ1n) is 10.4. The van der Waals surface area contributed by atoms with E-state index in [2.05, 4.69) is 16.0 Å². The molecule has 0 saturated carbocycles. The summed E-state index contributed by atoms with van der Waals surface area (Å²) >= 11 is 0. The Kier molecular flexibility index (Phi) is 8.84. The van der Waals surface area contributed by atoms with Gasteiger partial charge in [-0.2, -0.15) is 0 Å². The summed E-state index contributed by atoms with van der Waals surface area (Å²) in [7, 11) is 0. The zero-order valence-corrected chi connectivity index (χ0v) is 17.0. The van der Waals surface area contributed by atoms with Crippen LogP contribution in [0.5, 0.6) is 0 Å². The number of carboxylic acids is 1. The zero-order chi connectivity index (χ0) is 21.4. The van der Waals surface area contributed by atoms with Crippen LogP contribution in [0.25, 0.3) is 0 Å². The third kappa shape index (κ3) is 6.40. The molecule has 0 bridgehead atoms. The Morgan fingerprint density at radius 2 is 1.93 bits per heavy atom. The van der Waals surface area contributed by atoms with E-state index in [1.54, 1.807) is 0 Å². The number of nitrogens with zero attached hydrogens (tertiary/aromatic N) is 1. The summed E-state index contributed by atoms with van der Waals surface area (Å²) in [5, 5.41) is 17.8. The third-order valence-electron chi connectivity index (χ3n) is 5.51. The van der Waals surface area contributed by atoms with E-state index in [0.29, 0.717) is 38.8 Å². The van der Waals surface area contributed by atoms with Crippen molar-refractivity contribution in [2.75, 3.05) is 19.6 Å². The van der Waals surface area contributed by atoms with Crippen LogP contribution in [0.2, 0.25) is 0 Å².